The molecule has 0 saturated heterocycles. The number of hydrogen-bond donors (Lipinski definition) is 2. The summed E-state index contributed by atoms with van der Waals surface area (Å²) in [6, 6.07) is 0. The Labute approximate surface area is 75.8 Å². The Morgan fingerprint density at radius 3 is 2.92 bits per heavy atom. The van der Waals surface area contributed by atoms with Crippen LogP contribution in [-0.2, 0) is 9.53 Å². The first-order valence-electron chi connectivity index (χ1n) is 4.26. The van der Waals surface area contributed by atoms with E-state index >= 15 is 0 Å². The van der Waals surface area contributed by atoms with Crippen LogP contribution in [-0.4, -0.2) is 35.5 Å². The fraction of sp³-hybridized carbons (Fsp3) is 0.667. The second-order valence-electron chi connectivity index (χ2n) is 3.68. The van der Waals surface area contributed by atoms with Crippen LogP contribution in [0.25, 0.3) is 0 Å². The third-order valence-corrected chi connectivity index (χ3v) is 2.98. The first-order valence-corrected chi connectivity index (χ1v) is 4.26. The van der Waals surface area contributed by atoms with Gasteiger partial charge < -0.3 is 14.9 Å². The monoisotopic (exact) mass is 184 g/mol. The predicted octanol–water partition coefficient (Wildman–Crippen LogP) is -0.543. The SMILES string of the molecule is COC(=O)[C@@]12C=C[C@@H](O)[C@H](O)[C@@H]1C2. The van der Waals surface area contributed by atoms with Crippen molar-refractivity contribution in [3.63, 3.8) is 0 Å². The normalized spacial score (nSPS) is 46.8. The minimum Gasteiger partial charge on any atom is -0.468 e. The van der Waals surface area contributed by atoms with Crippen molar-refractivity contribution in [2.45, 2.75) is 18.6 Å². The third kappa shape index (κ3) is 1.02. The van der Waals surface area contributed by atoms with Gasteiger partial charge in [-0.25, -0.2) is 0 Å². The zero-order chi connectivity index (χ0) is 9.64. The van der Waals surface area contributed by atoms with Crippen molar-refractivity contribution < 1.29 is 19.7 Å². The van der Waals surface area contributed by atoms with Crippen molar-refractivity contribution in [3.8, 4) is 0 Å². The van der Waals surface area contributed by atoms with Crippen LogP contribution in [0.2, 0.25) is 0 Å². The molecule has 0 aromatic carbocycles. The number of aliphatic hydroxyl groups excluding tert-OH is 2. The number of ether oxygens (including phenoxy) is 1. The van der Waals surface area contributed by atoms with Gasteiger partial charge in [0.1, 0.15) is 0 Å². The van der Waals surface area contributed by atoms with Gasteiger partial charge in [-0.3, -0.25) is 4.79 Å². The first-order chi connectivity index (χ1) is 6.12. The first kappa shape index (κ1) is 8.72. The number of esters is 1. The molecule has 1 fully saturated rings. The molecular formula is C9H12O4. The topological polar surface area (TPSA) is 66.8 Å². The van der Waals surface area contributed by atoms with Gasteiger partial charge in [0.2, 0.25) is 0 Å². The summed E-state index contributed by atoms with van der Waals surface area (Å²) in [5.74, 6) is -0.486. The molecule has 2 rings (SSSR count). The summed E-state index contributed by atoms with van der Waals surface area (Å²) in [7, 11) is 1.33. The van der Waals surface area contributed by atoms with E-state index in [2.05, 4.69) is 4.74 Å². The highest BCUT2D eigenvalue weighted by molar-refractivity contribution is 5.83. The lowest BCUT2D eigenvalue weighted by Crippen LogP contribution is -2.34. The molecule has 0 aromatic rings. The van der Waals surface area contributed by atoms with E-state index < -0.39 is 17.6 Å². The zero-order valence-corrected chi connectivity index (χ0v) is 7.30. The lowest BCUT2D eigenvalue weighted by atomic mass is 9.92. The number of aliphatic hydroxyl groups is 2. The molecule has 2 aliphatic carbocycles. The van der Waals surface area contributed by atoms with Crippen LogP contribution < -0.4 is 0 Å². The van der Waals surface area contributed by atoms with Gasteiger partial charge in [0.25, 0.3) is 0 Å². The quantitative estimate of drug-likeness (QED) is 0.424. The Kier molecular flexibility index (Phi) is 1.72. The highest BCUT2D eigenvalue weighted by Crippen LogP contribution is 2.59. The Morgan fingerprint density at radius 1 is 1.62 bits per heavy atom. The lowest BCUT2D eigenvalue weighted by molar-refractivity contribution is -0.146. The van der Waals surface area contributed by atoms with E-state index in [1.165, 1.54) is 13.2 Å². The minimum absolute atomic E-state index is 0.167. The van der Waals surface area contributed by atoms with Gasteiger partial charge in [-0.15, -0.1) is 0 Å². The second-order valence-corrected chi connectivity index (χ2v) is 3.68. The summed E-state index contributed by atoms with van der Waals surface area (Å²) in [5.41, 5.74) is -0.645. The van der Waals surface area contributed by atoms with E-state index in [1.54, 1.807) is 6.08 Å². The molecule has 4 heteroatoms. The molecule has 13 heavy (non-hydrogen) atoms. The van der Waals surface area contributed by atoms with E-state index in [9.17, 15) is 15.0 Å². The van der Waals surface area contributed by atoms with E-state index in [1.807, 2.05) is 0 Å². The maximum atomic E-state index is 11.3. The fourth-order valence-electron chi connectivity index (χ4n) is 2.04. The number of carbonyl (C=O) groups is 1. The zero-order valence-electron chi connectivity index (χ0n) is 7.30. The number of carbonyl (C=O) groups excluding carboxylic acids is 1. The van der Waals surface area contributed by atoms with E-state index in [-0.39, 0.29) is 11.9 Å². The molecule has 0 unspecified atom stereocenters. The fourth-order valence-corrected chi connectivity index (χ4v) is 2.04. The molecule has 72 valence electrons. The summed E-state index contributed by atoms with van der Waals surface area (Å²) < 4.78 is 4.63. The molecule has 2 aliphatic rings. The largest absolute Gasteiger partial charge is 0.468 e. The van der Waals surface area contributed by atoms with Crippen LogP contribution in [0.15, 0.2) is 12.2 Å². The van der Waals surface area contributed by atoms with Crippen LogP contribution in [0.4, 0.5) is 0 Å². The maximum Gasteiger partial charge on any atom is 0.316 e. The van der Waals surface area contributed by atoms with Crippen LogP contribution in [0.5, 0.6) is 0 Å². The van der Waals surface area contributed by atoms with E-state index in [0.29, 0.717) is 6.42 Å². The lowest BCUT2D eigenvalue weighted by Gasteiger charge is -2.22. The van der Waals surface area contributed by atoms with Crippen LogP contribution in [0, 0.1) is 11.3 Å². The molecule has 0 aliphatic heterocycles. The molecule has 0 heterocycles. The van der Waals surface area contributed by atoms with Crippen molar-refractivity contribution in [1.29, 1.82) is 0 Å². The van der Waals surface area contributed by atoms with Gasteiger partial charge in [0.15, 0.2) is 0 Å². The molecule has 4 atom stereocenters. The average molecular weight is 184 g/mol. The molecule has 0 amide bonds. The third-order valence-electron chi connectivity index (χ3n) is 2.98. The van der Waals surface area contributed by atoms with E-state index in [0.717, 1.165) is 0 Å². The molecule has 0 spiro atoms. The molecule has 4 nitrogen and oxygen atoms in total. The summed E-state index contributed by atoms with van der Waals surface area (Å²) in [4.78, 5) is 11.3. The summed E-state index contributed by atoms with van der Waals surface area (Å²) in [6.45, 7) is 0. The number of rotatable bonds is 1. The van der Waals surface area contributed by atoms with Crippen LogP contribution in [0.3, 0.4) is 0 Å². The van der Waals surface area contributed by atoms with Crippen LogP contribution >= 0.6 is 0 Å². The molecule has 1 saturated carbocycles. The smallest absolute Gasteiger partial charge is 0.316 e. The van der Waals surface area contributed by atoms with Gasteiger partial charge in [-0.05, 0) is 6.42 Å². The number of hydrogen-bond acceptors (Lipinski definition) is 4. The molecule has 0 radical (unpaired) electrons. The van der Waals surface area contributed by atoms with Gasteiger partial charge in [0, 0.05) is 5.92 Å². The summed E-state index contributed by atoms with van der Waals surface area (Å²) in [5, 5.41) is 18.7. The van der Waals surface area contributed by atoms with Gasteiger partial charge in [-0.2, -0.15) is 0 Å². The number of fused-ring (bicyclic) bond motifs is 1. The Morgan fingerprint density at radius 2 is 2.31 bits per heavy atom. The van der Waals surface area contributed by atoms with Gasteiger partial charge >= 0.3 is 5.97 Å². The second kappa shape index (κ2) is 2.56. The minimum atomic E-state index is -0.842. The summed E-state index contributed by atoms with van der Waals surface area (Å²) >= 11 is 0. The molecule has 0 bridgehead atoms. The van der Waals surface area contributed by atoms with Crippen molar-refractivity contribution in [2.75, 3.05) is 7.11 Å². The van der Waals surface area contributed by atoms with Crippen LogP contribution in [0.1, 0.15) is 6.42 Å². The molecule has 2 N–H and O–H groups in total. The average Bonchev–Trinajstić information content (AvgIpc) is 2.87. The van der Waals surface area contributed by atoms with Gasteiger partial charge in [-0.1, -0.05) is 12.2 Å². The predicted molar refractivity (Wildman–Crippen MR) is 43.7 cm³/mol. The van der Waals surface area contributed by atoms with Crippen molar-refractivity contribution in [1.82, 2.24) is 0 Å². The molecule has 0 aromatic heterocycles. The van der Waals surface area contributed by atoms with E-state index in [4.69, 9.17) is 0 Å². The summed E-state index contributed by atoms with van der Waals surface area (Å²) in [6.07, 6.45) is 2.02. The van der Waals surface area contributed by atoms with Crippen molar-refractivity contribution >= 4 is 5.97 Å². The van der Waals surface area contributed by atoms with Crippen molar-refractivity contribution in [3.05, 3.63) is 12.2 Å². The van der Waals surface area contributed by atoms with Crippen molar-refractivity contribution in [2.24, 2.45) is 11.3 Å². The van der Waals surface area contributed by atoms with Gasteiger partial charge in [0.05, 0.1) is 24.7 Å². The Bertz CT molecular complexity index is 273. The Balaban J connectivity index is 2.23. The highest BCUT2D eigenvalue weighted by atomic mass is 16.5. The number of methoxy groups -OCH3 is 1. The Hall–Kier alpha value is -0.870. The highest BCUT2D eigenvalue weighted by Gasteiger charge is 2.64. The maximum absolute atomic E-state index is 11.3. The molecular weight excluding hydrogens is 172 g/mol. The standard InChI is InChI=1S/C9H12O4/c1-13-8(12)9-3-2-6(10)7(11)5(9)4-9/h2-3,5-7,10-11H,4H2,1H3/t5-,6+,7+,9+/m0/s1.